The highest BCUT2D eigenvalue weighted by atomic mass is 35.5. The Balaban J connectivity index is 1.48. The second kappa shape index (κ2) is 8.29. The maximum absolute atomic E-state index is 12.0. The van der Waals surface area contributed by atoms with Gasteiger partial charge in [-0.25, -0.2) is 4.79 Å². The van der Waals surface area contributed by atoms with Gasteiger partial charge in [0.15, 0.2) is 0 Å². The van der Waals surface area contributed by atoms with E-state index < -0.39 is 0 Å². The number of benzene rings is 2. The predicted octanol–water partition coefficient (Wildman–Crippen LogP) is 3.40. The molecule has 1 heterocycles. The first-order valence-corrected chi connectivity index (χ1v) is 8.39. The second-order valence-electron chi connectivity index (χ2n) is 5.82. The Labute approximate surface area is 146 Å². The maximum atomic E-state index is 12.0. The maximum Gasteiger partial charge on any atom is 0.338 e. The van der Waals surface area contributed by atoms with Crippen LogP contribution in [0.3, 0.4) is 0 Å². The molecule has 0 N–H and O–H groups in total. The SMILES string of the molecule is O=C(OCC1CN(Cc2ccccc2)CCO1)c1ccc(Cl)cc1. The van der Waals surface area contributed by atoms with E-state index in [1.54, 1.807) is 24.3 Å². The van der Waals surface area contributed by atoms with E-state index in [4.69, 9.17) is 21.1 Å². The molecule has 4 nitrogen and oxygen atoms in total. The minimum absolute atomic E-state index is 0.0984. The van der Waals surface area contributed by atoms with Crippen molar-refractivity contribution < 1.29 is 14.3 Å². The summed E-state index contributed by atoms with van der Waals surface area (Å²) in [7, 11) is 0. The molecule has 3 rings (SSSR count). The first-order valence-electron chi connectivity index (χ1n) is 8.01. The zero-order valence-corrected chi connectivity index (χ0v) is 14.1. The van der Waals surface area contributed by atoms with Gasteiger partial charge in [0.05, 0.1) is 12.2 Å². The van der Waals surface area contributed by atoms with Gasteiger partial charge in [0.1, 0.15) is 12.7 Å². The number of ether oxygens (including phenoxy) is 2. The smallest absolute Gasteiger partial charge is 0.338 e. The van der Waals surface area contributed by atoms with Crippen molar-refractivity contribution in [2.75, 3.05) is 26.3 Å². The summed E-state index contributed by atoms with van der Waals surface area (Å²) in [6, 6.07) is 17.0. The molecule has 0 bridgehead atoms. The number of nitrogens with zero attached hydrogens (tertiary/aromatic N) is 1. The minimum Gasteiger partial charge on any atom is -0.459 e. The fourth-order valence-electron chi connectivity index (χ4n) is 2.70. The quantitative estimate of drug-likeness (QED) is 0.779. The fraction of sp³-hybridized carbons (Fsp3) is 0.316. The molecule has 1 fully saturated rings. The van der Waals surface area contributed by atoms with Gasteiger partial charge in [-0.05, 0) is 29.8 Å². The lowest BCUT2D eigenvalue weighted by Crippen LogP contribution is -2.44. The number of morpholine rings is 1. The minimum atomic E-state index is -0.351. The summed E-state index contributed by atoms with van der Waals surface area (Å²) in [6.07, 6.45) is -0.0984. The van der Waals surface area contributed by atoms with Crippen molar-refractivity contribution in [1.82, 2.24) is 4.90 Å². The van der Waals surface area contributed by atoms with Gasteiger partial charge in [0.2, 0.25) is 0 Å². The number of hydrogen-bond acceptors (Lipinski definition) is 4. The number of esters is 1. The monoisotopic (exact) mass is 345 g/mol. The Morgan fingerprint density at radius 3 is 2.67 bits per heavy atom. The molecule has 1 aliphatic heterocycles. The van der Waals surface area contributed by atoms with Crippen LogP contribution in [0.4, 0.5) is 0 Å². The lowest BCUT2D eigenvalue weighted by Gasteiger charge is -2.32. The Morgan fingerprint density at radius 2 is 1.92 bits per heavy atom. The van der Waals surface area contributed by atoms with Gasteiger partial charge >= 0.3 is 5.97 Å². The summed E-state index contributed by atoms with van der Waals surface area (Å²) < 4.78 is 11.1. The van der Waals surface area contributed by atoms with Crippen LogP contribution in [0.25, 0.3) is 0 Å². The van der Waals surface area contributed by atoms with E-state index in [0.717, 1.165) is 19.6 Å². The van der Waals surface area contributed by atoms with E-state index in [1.165, 1.54) is 5.56 Å². The van der Waals surface area contributed by atoms with Crippen LogP contribution in [0.5, 0.6) is 0 Å². The molecule has 2 aromatic rings. The normalized spacial score (nSPS) is 18.3. The summed E-state index contributed by atoms with van der Waals surface area (Å²) in [5.41, 5.74) is 1.77. The second-order valence-corrected chi connectivity index (χ2v) is 6.26. The van der Waals surface area contributed by atoms with Crippen LogP contribution < -0.4 is 0 Å². The molecule has 0 aliphatic carbocycles. The predicted molar refractivity (Wildman–Crippen MR) is 93.2 cm³/mol. The third-order valence-corrected chi connectivity index (χ3v) is 4.20. The zero-order valence-electron chi connectivity index (χ0n) is 13.4. The molecule has 5 heteroatoms. The summed E-state index contributed by atoms with van der Waals surface area (Å²) in [4.78, 5) is 14.4. The number of halogens is 1. The van der Waals surface area contributed by atoms with Gasteiger partial charge in [-0.15, -0.1) is 0 Å². The third-order valence-electron chi connectivity index (χ3n) is 3.95. The highest BCUT2D eigenvalue weighted by Gasteiger charge is 2.22. The number of carbonyl (C=O) groups is 1. The van der Waals surface area contributed by atoms with Crippen LogP contribution in [-0.4, -0.2) is 43.3 Å². The van der Waals surface area contributed by atoms with Crippen molar-refractivity contribution in [3.05, 3.63) is 70.7 Å². The highest BCUT2D eigenvalue weighted by Crippen LogP contribution is 2.13. The molecule has 1 aliphatic rings. The summed E-state index contributed by atoms with van der Waals surface area (Å²) in [5, 5.41) is 0.596. The first kappa shape index (κ1) is 17.0. The average Bonchev–Trinajstić information content (AvgIpc) is 2.61. The van der Waals surface area contributed by atoms with Gasteiger partial charge in [-0.1, -0.05) is 41.9 Å². The van der Waals surface area contributed by atoms with E-state index in [2.05, 4.69) is 17.0 Å². The van der Waals surface area contributed by atoms with Gasteiger partial charge in [-0.3, -0.25) is 4.90 Å². The van der Waals surface area contributed by atoms with Gasteiger partial charge in [-0.2, -0.15) is 0 Å². The average molecular weight is 346 g/mol. The number of carbonyl (C=O) groups excluding carboxylic acids is 1. The fourth-order valence-corrected chi connectivity index (χ4v) is 2.83. The van der Waals surface area contributed by atoms with Crippen LogP contribution in [-0.2, 0) is 16.0 Å². The van der Waals surface area contributed by atoms with Crippen molar-refractivity contribution in [2.45, 2.75) is 12.6 Å². The zero-order chi connectivity index (χ0) is 16.8. The molecule has 126 valence electrons. The van der Waals surface area contributed by atoms with Crippen LogP contribution in [0.2, 0.25) is 5.02 Å². The van der Waals surface area contributed by atoms with Gasteiger partial charge < -0.3 is 9.47 Å². The highest BCUT2D eigenvalue weighted by molar-refractivity contribution is 6.30. The van der Waals surface area contributed by atoms with Crippen LogP contribution in [0.15, 0.2) is 54.6 Å². The third kappa shape index (κ3) is 4.81. The molecule has 0 saturated carbocycles. The number of hydrogen-bond donors (Lipinski definition) is 0. The van der Waals surface area contributed by atoms with Crippen molar-refractivity contribution in [3.63, 3.8) is 0 Å². The molecule has 1 saturated heterocycles. The van der Waals surface area contributed by atoms with E-state index in [-0.39, 0.29) is 18.7 Å². The Bertz CT molecular complexity index is 660. The van der Waals surface area contributed by atoms with Crippen molar-refractivity contribution in [1.29, 1.82) is 0 Å². The Morgan fingerprint density at radius 1 is 1.17 bits per heavy atom. The van der Waals surface area contributed by atoms with Crippen molar-refractivity contribution in [3.8, 4) is 0 Å². The molecule has 0 radical (unpaired) electrons. The van der Waals surface area contributed by atoms with Crippen LogP contribution >= 0.6 is 11.6 Å². The van der Waals surface area contributed by atoms with Gasteiger partial charge in [0, 0.05) is 24.7 Å². The summed E-state index contributed by atoms with van der Waals surface area (Å²) in [5.74, 6) is -0.351. The largest absolute Gasteiger partial charge is 0.459 e. The van der Waals surface area contributed by atoms with E-state index in [1.807, 2.05) is 18.2 Å². The van der Waals surface area contributed by atoms with Crippen LogP contribution in [0.1, 0.15) is 15.9 Å². The molecule has 0 aromatic heterocycles. The lowest BCUT2D eigenvalue weighted by molar-refractivity contribution is -0.0612. The first-order chi connectivity index (χ1) is 11.7. The lowest BCUT2D eigenvalue weighted by atomic mass is 10.2. The Kier molecular flexibility index (Phi) is 5.86. The molecule has 1 unspecified atom stereocenters. The van der Waals surface area contributed by atoms with Crippen molar-refractivity contribution in [2.24, 2.45) is 0 Å². The van der Waals surface area contributed by atoms with Crippen molar-refractivity contribution >= 4 is 17.6 Å². The molecular formula is C19H20ClNO3. The van der Waals surface area contributed by atoms with Gasteiger partial charge in [0.25, 0.3) is 0 Å². The molecule has 1 atom stereocenters. The topological polar surface area (TPSA) is 38.8 Å². The molecule has 0 amide bonds. The number of rotatable bonds is 5. The summed E-state index contributed by atoms with van der Waals surface area (Å²) in [6.45, 7) is 3.42. The van der Waals surface area contributed by atoms with E-state index >= 15 is 0 Å². The van der Waals surface area contributed by atoms with Crippen LogP contribution in [0, 0.1) is 0 Å². The van der Waals surface area contributed by atoms with E-state index in [9.17, 15) is 4.79 Å². The molecule has 0 spiro atoms. The summed E-state index contributed by atoms with van der Waals surface area (Å²) >= 11 is 5.82. The standard InChI is InChI=1S/C19H20ClNO3/c20-17-8-6-16(7-9-17)19(22)24-14-18-13-21(10-11-23-18)12-15-4-2-1-3-5-15/h1-9,18H,10-14H2. The molecule has 24 heavy (non-hydrogen) atoms. The molecule has 2 aromatic carbocycles. The van der Waals surface area contributed by atoms with E-state index in [0.29, 0.717) is 17.2 Å². The Hall–Kier alpha value is -1.88. The molecular weight excluding hydrogens is 326 g/mol.